The van der Waals surface area contributed by atoms with Gasteiger partial charge in [0.2, 0.25) is 0 Å². The van der Waals surface area contributed by atoms with E-state index in [1.165, 1.54) is 0 Å². The highest BCUT2D eigenvalue weighted by Crippen LogP contribution is 2.60. The minimum atomic E-state index is -0.157. The van der Waals surface area contributed by atoms with Gasteiger partial charge in [-0.2, -0.15) is 0 Å². The molecule has 3 nitrogen and oxygen atoms in total. The van der Waals surface area contributed by atoms with E-state index >= 15 is 0 Å². The summed E-state index contributed by atoms with van der Waals surface area (Å²) >= 11 is 5.30. The lowest BCUT2D eigenvalue weighted by atomic mass is 10.1. The van der Waals surface area contributed by atoms with Gasteiger partial charge in [-0.15, -0.1) is 0 Å². The molecule has 0 unspecified atom stereocenters. The van der Waals surface area contributed by atoms with E-state index < -0.39 is 0 Å². The van der Waals surface area contributed by atoms with E-state index in [0.717, 1.165) is 25.8 Å². The van der Waals surface area contributed by atoms with Gasteiger partial charge in [0, 0.05) is 4.90 Å². The summed E-state index contributed by atoms with van der Waals surface area (Å²) in [4.78, 5) is 14.0. The fourth-order valence-corrected chi connectivity index (χ4v) is 5.36. The Hall–Kier alpha value is -2.50. The molecule has 1 saturated carbocycles. The highest BCUT2D eigenvalue weighted by Gasteiger charge is 2.61. The number of hydrogen-bond donors (Lipinski definition) is 0. The number of halogens is 1. The summed E-state index contributed by atoms with van der Waals surface area (Å²) in [5.41, 5.74) is 0.782. The van der Waals surface area contributed by atoms with Crippen molar-refractivity contribution in [2.75, 3.05) is 0 Å². The monoisotopic (exact) mass is 508 g/mol. The second-order valence-electron chi connectivity index (χ2n) is 8.38. The first kappa shape index (κ1) is 22.7. The van der Waals surface area contributed by atoms with E-state index in [4.69, 9.17) is 9.47 Å². The maximum atomic E-state index is 12.8. The molecule has 0 amide bonds. The second kappa shape index (κ2) is 9.97. The van der Waals surface area contributed by atoms with Crippen molar-refractivity contribution < 1.29 is 14.3 Å². The molecular formula is C27H25BrO3S. The molecule has 0 aromatic heterocycles. The van der Waals surface area contributed by atoms with Crippen LogP contribution in [0.25, 0.3) is 0 Å². The van der Waals surface area contributed by atoms with E-state index in [2.05, 4.69) is 48.0 Å². The maximum absolute atomic E-state index is 12.8. The van der Waals surface area contributed by atoms with Gasteiger partial charge in [-0.1, -0.05) is 80.2 Å². The lowest BCUT2D eigenvalue weighted by molar-refractivity contribution is -0.147. The minimum absolute atomic E-state index is 0.119. The van der Waals surface area contributed by atoms with Crippen LogP contribution in [0.4, 0.5) is 0 Å². The van der Waals surface area contributed by atoms with E-state index in [9.17, 15) is 4.79 Å². The van der Waals surface area contributed by atoms with Crippen molar-refractivity contribution in [3.05, 3.63) is 100 Å². The zero-order valence-corrected chi connectivity index (χ0v) is 20.4. The molecule has 5 heteroatoms. The minimum Gasteiger partial charge on any atom is -0.461 e. The quantitative estimate of drug-likeness (QED) is 0.229. The number of carbonyl (C=O) groups is 1. The molecule has 0 aliphatic heterocycles. The van der Waals surface area contributed by atoms with Gasteiger partial charge in [0.1, 0.15) is 18.1 Å². The molecule has 164 valence electrons. The van der Waals surface area contributed by atoms with Gasteiger partial charge in [-0.25, -0.2) is 0 Å². The van der Waals surface area contributed by atoms with Gasteiger partial charge in [-0.05, 0) is 69.2 Å². The van der Waals surface area contributed by atoms with Crippen LogP contribution in [0.3, 0.4) is 0 Å². The fraction of sp³-hybridized carbons (Fsp3) is 0.222. The Morgan fingerprint density at radius 3 is 2.34 bits per heavy atom. The number of carbonyl (C=O) groups excluding carboxylic acids is 1. The van der Waals surface area contributed by atoms with Crippen LogP contribution in [0, 0.1) is 17.3 Å². The second-order valence-corrected chi connectivity index (χ2v) is 10.9. The standard InChI is InChI=1S/C27H25BrO3S/c1-27(2)23(17-24(28)32-22-14-7-4-8-15-22)25(27)26(29)30-18-19-10-9-13-21(16-19)31-20-11-5-3-6-12-20/h3-17,23,25H,18H2,1-2H3/b24-17-/t23-,25-/m0/s1. The van der Waals surface area contributed by atoms with E-state index in [1.54, 1.807) is 11.8 Å². The van der Waals surface area contributed by atoms with E-state index in [-0.39, 0.29) is 29.8 Å². The lowest BCUT2D eigenvalue weighted by Crippen LogP contribution is -2.10. The smallest absolute Gasteiger partial charge is 0.310 e. The van der Waals surface area contributed by atoms with Gasteiger partial charge in [0.25, 0.3) is 0 Å². The molecule has 0 N–H and O–H groups in total. The van der Waals surface area contributed by atoms with Crippen LogP contribution in [-0.2, 0) is 16.1 Å². The Kier molecular flexibility index (Phi) is 7.07. The summed E-state index contributed by atoms with van der Waals surface area (Å²) in [6, 6.07) is 27.4. The van der Waals surface area contributed by atoms with Crippen molar-refractivity contribution in [1.82, 2.24) is 0 Å². The van der Waals surface area contributed by atoms with Crippen LogP contribution in [0.2, 0.25) is 0 Å². The average molecular weight is 509 g/mol. The number of benzene rings is 3. The van der Waals surface area contributed by atoms with Crippen LogP contribution >= 0.6 is 27.7 Å². The third-order valence-electron chi connectivity index (χ3n) is 5.69. The number of esters is 1. The molecule has 32 heavy (non-hydrogen) atoms. The third-order valence-corrected chi connectivity index (χ3v) is 7.28. The highest BCUT2D eigenvalue weighted by molar-refractivity contribution is 9.14. The molecule has 1 fully saturated rings. The maximum Gasteiger partial charge on any atom is 0.310 e. The SMILES string of the molecule is CC1(C)[C@H](C(=O)OCc2cccc(Oc3ccccc3)c2)[C@@H]1/C=C(/Br)Sc1ccccc1. The summed E-state index contributed by atoms with van der Waals surface area (Å²) in [7, 11) is 0. The van der Waals surface area contributed by atoms with Crippen LogP contribution in [0.15, 0.2) is 99.7 Å². The molecule has 3 aromatic rings. The molecule has 1 aliphatic carbocycles. The number of thioether (sulfide) groups is 1. The van der Waals surface area contributed by atoms with Crippen LogP contribution in [-0.4, -0.2) is 5.97 Å². The first-order chi connectivity index (χ1) is 15.4. The molecule has 2 atom stereocenters. The summed E-state index contributed by atoms with van der Waals surface area (Å²) in [6.07, 6.45) is 2.14. The Morgan fingerprint density at radius 1 is 0.969 bits per heavy atom. The van der Waals surface area contributed by atoms with E-state index in [1.807, 2.05) is 72.8 Å². The number of rotatable bonds is 8. The van der Waals surface area contributed by atoms with Gasteiger partial charge >= 0.3 is 5.97 Å². The van der Waals surface area contributed by atoms with Crippen molar-refractivity contribution in [2.24, 2.45) is 17.3 Å². The van der Waals surface area contributed by atoms with Crippen molar-refractivity contribution >= 4 is 33.7 Å². The predicted molar refractivity (Wildman–Crippen MR) is 133 cm³/mol. The Balaban J connectivity index is 1.34. The van der Waals surface area contributed by atoms with Crippen LogP contribution < -0.4 is 4.74 Å². The molecule has 3 aromatic carbocycles. The average Bonchev–Trinajstić information content (AvgIpc) is 3.33. The van der Waals surface area contributed by atoms with Crippen molar-refractivity contribution in [3.8, 4) is 11.5 Å². The number of ether oxygens (including phenoxy) is 2. The first-order valence-electron chi connectivity index (χ1n) is 10.5. The molecule has 0 radical (unpaired) electrons. The molecule has 0 spiro atoms. The summed E-state index contributed by atoms with van der Waals surface area (Å²) in [5.74, 6) is 1.34. The first-order valence-corrected chi connectivity index (χ1v) is 12.1. The molecule has 1 aliphatic rings. The third kappa shape index (κ3) is 5.64. The Morgan fingerprint density at radius 2 is 1.62 bits per heavy atom. The summed E-state index contributed by atoms with van der Waals surface area (Å²) < 4.78 is 12.6. The predicted octanol–water partition coefficient (Wildman–Crippen LogP) is 7.82. The van der Waals surface area contributed by atoms with Gasteiger partial charge < -0.3 is 9.47 Å². The van der Waals surface area contributed by atoms with Gasteiger partial charge in [-0.3, -0.25) is 4.79 Å². The largest absolute Gasteiger partial charge is 0.461 e. The van der Waals surface area contributed by atoms with Crippen LogP contribution in [0.5, 0.6) is 11.5 Å². The zero-order valence-electron chi connectivity index (χ0n) is 18.0. The van der Waals surface area contributed by atoms with Gasteiger partial charge in [0.15, 0.2) is 0 Å². The Labute approximate surface area is 202 Å². The molecule has 4 rings (SSSR count). The molecule has 0 heterocycles. The van der Waals surface area contributed by atoms with Gasteiger partial charge in [0.05, 0.1) is 9.73 Å². The normalized spacial score (nSPS) is 19.3. The van der Waals surface area contributed by atoms with E-state index in [0.29, 0.717) is 0 Å². The number of para-hydroxylation sites is 1. The number of hydrogen-bond acceptors (Lipinski definition) is 4. The van der Waals surface area contributed by atoms with Crippen molar-refractivity contribution in [3.63, 3.8) is 0 Å². The molecule has 0 saturated heterocycles. The highest BCUT2D eigenvalue weighted by atomic mass is 79.9. The summed E-state index contributed by atoms with van der Waals surface area (Å²) in [5, 5.41) is 0. The van der Waals surface area contributed by atoms with Crippen molar-refractivity contribution in [2.45, 2.75) is 25.3 Å². The van der Waals surface area contributed by atoms with Crippen LogP contribution in [0.1, 0.15) is 19.4 Å². The molecule has 0 bridgehead atoms. The zero-order chi connectivity index (χ0) is 22.6. The number of allylic oxidation sites excluding steroid dienone is 1. The molecular weight excluding hydrogens is 484 g/mol. The van der Waals surface area contributed by atoms with Crippen molar-refractivity contribution in [1.29, 1.82) is 0 Å². The lowest BCUT2D eigenvalue weighted by Gasteiger charge is -2.09. The summed E-state index contributed by atoms with van der Waals surface area (Å²) in [6.45, 7) is 4.46. The topological polar surface area (TPSA) is 35.5 Å². The fourth-order valence-electron chi connectivity index (χ4n) is 3.78. The Bertz CT molecular complexity index is 1100.